The van der Waals surface area contributed by atoms with Crippen molar-refractivity contribution in [3.05, 3.63) is 65.0 Å². The van der Waals surface area contributed by atoms with E-state index in [2.05, 4.69) is 5.32 Å². The van der Waals surface area contributed by atoms with E-state index < -0.39 is 6.04 Å². The van der Waals surface area contributed by atoms with Gasteiger partial charge in [0.2, 0.25) is 0 Å². The third-order valence-corrected chi connectivity index (χ3v) is 3.07. The molecule has 0 radical (unpaired) electrons. The maximum atomic E-state index is 13.8. The molecular formula is C16H18FNO. The molecule has 0 saturated heterocycles. The van der Waals surface area contributed by atoms with Crippen molar-refractivity contribution in [3.8, 4) is 0 Å². The number of anilines is 1. The monoisotopic (exact) mass is 259 g/mol. The van der Waals surface area contributed by atoms with E-state index in [1.54, 1.807) is 12.1 Å². The molecule has 3 heteroatoms. The Kier molecular flexibility index (Phi) is 4.17. The molecule has 0 aliphatic rings. The molecule has 2 aromatic rings. The number of halogens is 1. The molecule has 0 fully saturated rings. The Morgan fingerprint density at radius 2 is 1.84 bits per heavy atom. The van der Waals surface area contributed by atoms with Gasteiger partial charge < -0.3 is 10.4 Å². The number of aliphatic hydroxyl groups excluding tert-OH is 1. The van der Waals surface area contributed by atoms with E-state index in [-0.39, 0.29) is 12.4 Å². The maximum Gasteiger partial charge on any atom is 0.128 e. The van der Waals surface area contributed by atoms with E-state index in [4.69, 9.17) is 0 Å². The molecule has 2 rings (SSSR count). The Bertz CT molecular complexity index is 568. The molecule has 1 atom stereocenters. The van der Waals surface area contributed by atoms with Gasteiger partial charge in [0.25, 0.3) is 0 Å². The minimum Gasteiger partial charge on any atom is -0.394 e. The molecule has 0 amide bonds. The molecule has 1 unspecified atom stereocenters. The minimum absolute atomic E-state index is 0.158. The number of aryl methyl sites for hydroxylation is 2. The van der Waals surface area contributed by atoms with E-state index in [0.29, 0.717) is 5.56 Å². The number of benzene rings is 2. The van der Waals surface area contributed by atoms with Crippen molar-refractivity contribution in [3.63, 3.8) is 0 Å². The second-order valence-corrected chi connectivity index (χ2v) is 4.77. The predicted molar refractivity (Wildman–Crippen MR) is 75.8 cm³/mol. The molecular weight excluding hydrogens is 241 g/mol. The van der Waals surface area contributed by atoms with Crippen molar-refractivity contribution in [2.75, 3.05) is 11.9 Å². The molecule has 0 saturated carbocycles. The van der Waals surface area contributed by atoms with Crippen LogP contribution in [0.25, 0.3) is 0 Å². The zero-order valence-electron chi connectivity index (χ0n) is 11.2. The second-order valence-electron chi connectivity index (χ2n) is 4.77. The molecule has 0 aromatic heterocycles. The van der Waals surface area contributed by atoms with Crippen molar-refractivity contribution < 1.29 is 9.50 Å². The standard InChI is InChI=1S/C16H18FNO/c1-11-4-3-5-13(8-11)18-16(10-19)14-9-12(2)6-7-15(14)17/h3-9,16,18-19H,10H2,1-2H3. The lowest BCUT2D eigenvalue weighted by Crippen LogP contribution is -2.16. The van der Waals surface area contributed by atoms with Gasteiger partial charge in [-0.25, -0.2) is 4.39 Å². The molecule has 0 heterocycles. The summed E-state index contributed by atoms with van der Waals surface area (Å²) in [5, 5.41) is 12.7. The van der Waals surface area contributed by atoms with Crippen LogP contribution in [0.4, 0.5) is 10.1 Å². The highest BCUT2D eigenvalue weighted by atomic mass is 19.1. The summed E-state index contributed by atoms with van der Waals surface area (Å²) in [6.45, 7) is 3.74. The SMILES string of the molecule is Cc1cccc(NC(CO)c2cc(C)ccc2F)c1. The van der Waals surface area contributed by atoms with Crippen molar-refractivity contribution >= 4 is 5.69 Å². The van der Waals surface area contributed by atoms with Gasteiger partial charge in [-0.3, -0.25) is 0 Å². The fourth-order valence-corrected chi connectivity index (χ4v) is 2.09. The van der Waals surface area contributed by atoms with Gasteiger partial charge in [-0.05, 0) is 37.6 Å². The number of aliphatic hydroxyl groups is 1. The summed E-state index contributed by atoms with van der Waals surface area (Å²) < 4.78 is 13.8. The molecule has 0 aliphatic heterocycles. The molecule has 2 aromatic carbocycles. The lowest BCUT2D eigenvalue weighted by molar-refractivity contribution is 0.274. The molecule has 2 nitrogen and oxygen atoms in total. The highest BCUT2D eigenvalue weighted by molar-refractivity contribution is 5.48. The van der Waals surface area contributed by atoms with E-state index in [1.165, 1.54) is 6.07 Å². The fraction of sp³-hybridized carbons (Fsp3) is 0.250. The van der Waals surface area contributed by atoms with Gasteiger partial charge in [-0.1, -0.05) is 29.8 Å². The van der Waals surface area contributed by atoms with Crippen LogP contribution in [0.2, 0.25) is 0 Å². The Labute approximate surface area is 112 Å². The molecule has 0 bridgehead atoms. The van der Waals surface area contributed by atoms with Crippen LogP contribution in [0.15, 0.2) is 42.5 Å². The smallest absolute Gasteiger partial charge is 0.128 e. The summed E-state index contributed by atoms with van der Waals surface area (Å²) >= 11 is 0. The van der Waals surface area contributed by atoms with Crippen LogP contribution in [0.5, 0.6) is 0 Å². The zero-order chi connectivity index (χ0) is 13.8. The number of hydrogen-bond donors (Lipinski definition) is 2. The van der Waals surface area contributed by atoms with Gasteiger partial charge in [-0.15, -0.1) is 0 Å². The summed E-state index contributed by atoms with van der Waals surface area (Å²) in [7, 11) is 0. The topological polar surface area (TPSA) is 32.3 Å². The first-order valence-corrected chi connectivity index (χ1v) is 6.30. The fourth-order valence-electron chi connectivity index (χ4n) is 2.09. The average Bonchev–Trinajstić information content (AvgIpc) is 2.39. The normalized spacial score (nSPS) is 12.2. The molecule has 2 N–H and O–H groups in total. The summed E-state index contributed by atoms with van der Waals surface area (Å²) in [5.41, 5.74) is 3.45. The van der Waals surface area contributed by atoms with Gasteiger partial charge in [-0.2, -0.15) is 0 Å². The maximum absolute atomic E-state index is 13.8. The van der Waals surface area contributed by atoms with Crippen LogP contribution in [0, 0.1) is 19.7 Å². The quantitative estimate of drug-likeness (QED) is 0.879. The van der Waals surface area contributed by atoms with Gasteiger partial charge in [0.05, 0.1) is 12.6 Å². The predicted octanol–water partition coefficient (Wildman–Crippen LogP) is 3.59. The van der Waals surface area contributed by atoms with Gasteiger partial charge in [0.1, 0.15) is 5.82 Å². The second kappa shape index (κ2) is 5.85. The molecule has 19 heavy (non-hydrogen) atoms. The Hall–Kier alpha value is -1.87. The van der Waals surface area contributed by atoms with E-state index in [9.17, 15) is 9.50 Å². The number of rotatable bonds is 4. The third-order valence-electron chi connectivity index (χ3n) is 3.07. The Morgan fingerprint density at radius 3 is 2.53 bits per heavy atom. The number of nitrogens with one attached hydrogen (secondary N) is 1. The summed E-state index contributed by atoms with van der Waals surface area (Å²) in [5.74, 6) is -0.301. The lowest BCUT2D eigenvalue weighted by Gasteiger charge is -2.19. The van der Waals surface area contributed by atoms with E-state index in [0.717, 1.165) is 16.8 Å². The minimum atomic E-state index is -0.443. The van der Waals surface area contributed by atoms with Crippen LogP contribution in [0.3, 0.4) is 0 Å². The van der Waals surface area contributed by atoms with Crippen molar-refractivity contribution in [2.45, 2.75) is 19.9 Å². The number of hydrogen-bond acceptors (Lipinski definition) is 2. The van der Waals surface area contributed by atoms with Crippen LogP contribution in [0.1, 0.15) is 22.7 Å². The summed E-state index contributed by atoms with van der Waals surface area (Å²) in [6, 6.07) is 12.3. The van der Waals surface area contributed by atoms with Gasteiger partial charge in [0.15, 0.2) is 0 Å². The van der Waals surface area contributed by atoms with Gasteiger partial charge >= 0.3 is 0 Å². The average molecular weight is 259 g/mol. The first-order valence-electron chi connectivity index (χ1n) is 6.30. The summed E-state index contributed by atoms with van der Waals surface area (Å²) in [6.07, 6.45) is 0. The van der Waals surface area contributed by atoms with E-state index >= 15 is 0 Å². The lowest BCUT2D eigenvalue weighted by atomic mass is 10.0. The van der Waals surface area contributed by atoms with Crippen LogP contribution >= 0.6 is 0 Å². The molecule has 100 valence electrons. The largest absolute Gasteiger partial charge is 0.394 e. The van der Waals surface area contributed by atoms with Crippen LogP contribution in [-0.2, 0) is 0 Å². The van der Waals surface area contributed by atoms with Crippen molar-refractivity contribution in [2.24, 2.45) is 0 Å². The van der Waals surface area contributed by atoms with Crippen LogP contribution < -0.4 is 5.32 Å². The third kappa shape index (κ3) is 3.32. The van der Waals surface area contributed by atoms with Crippen molar-refractivity contribution in [1.29, 1.82) is 0 Å². The highest BCUT2D eigenvalue weighted by Crippen LogP contribution is 2.23. The zero-order valence-corrected chi connectivity index (χ0v) is 11.2. The molecule has 0 aliphatic carbocycles. The first-order chi connectivity index (χ1) is 9.10. The Balaban J connectivity index is 2.27. The first kappa shape index (κ1) is 13.6. The van der Waals surface area contributed by atoms with E-state index in [1.807, 2.05) is 38.1 Å². The summed E-state index contributed by atoms with van der Waals surface area (Å²) in [4.78, 5) is 0. The highest BCUT2D eigenvalue weighted by Gasteiger charge is 2.15. The van der Waals surface area contributed by atoms with Crippen LogP contribution in [-0.4, -0.2) is 11.7 Å². The van der Waals surface area contributed by atoms with Gasteiger partial charge in [0, 0.05) is 11.3 Å². The molecule has 0 spiro atoms. The van der Waals surface area contributed by atoms with Crippen molar-refractivity contribution in [1.82, 2.24) is 0 Å². The Morgan fingerprint density at radius 1 is 1.11 bits per heavy atom.